The molecule has 5 rings (SSSR count). The second-order valence-electron chi connectivity index (χ2n) is 9.77. The van der Waals surface area contributed by atoms with E-state index in [0.29, 0.717) is 30.1 Å². The number of aromatic amines is 1. The molecule has 3 heterocycles. The lowest BCUT2D eigenvalue weighted by molar-refractivity contribution is 0.0531. The zero-order valence-electron chi connectivity index (χ0n) is 23.3. The van der Waals surface area contributed by atoms with Crippen LogP contribution in [0.5, 0.6) is 0 Å². The molecule has 0 spiro atoms. The van der Waals surface area contributed by atoms with E-state index in [1.54, 1.807) is 11.5 Å². The number of methoxy groups -OCH3 is 1. The number of fused-ring (bicyclic) bond motifs is 1. The Morgan fingerprint density at radius 3 is 2.38 bits per heavy atom. The standard InChI is InChI=1S/C29H34N8O3/c1-5-7-8-13-24-30-27-25(28(38)37(19(3)40-4)29(39)35(27)6-2)36(24)18-20-14-16-21(17-15-20)22-11-9-10-12-23(22)26-31-33-34-32-26/h9-12,14-17,19H,5-8,13,18H2,1-4H3,(H,31,32,33,34). The minimum Gasteiger partial charge on any atom is -0.361 e. The van der Waals surface area contributed by atoms with E-state index in [2.05, 4.69) is 51.8 Å². The number of nitrogens with zero attached hydrogens (tertiary/aromatic N) is 7. The molecule has 1 atom stereocenters. The summed E-state index contributed by atoms with van der Waals surface area (Å²) >= 11 is 0. The van der Waals surface area contributed by atoms with Crippen molar-refractivity contribution in [2.24, 2.45) is 0 Å². The molecule has 1 N–H and O–H groups in total. The highest BCUT2D eigenvalue weighted by Gasteiger charge is 2.23. The van der Waals surface area contributed by atoms with Crippen molar-refractivity contribution in [3.05, 3.63) is 80.8 Å². The highest BCUT2D eigenvalue weighted by atomic mass is 16.5. The molecule has 0 bridgehead atoms. The molecule has 0 fully saturated rings. The normalized spacial score (nSPS) is 12.3. The predicted molar refractivity (Wildman–Crippen MR) is 153 cm³/mol. The first-order valence-electron chi connectivity index (χ1n) is 13.7. The highest BCUT2D eigenvalue weighted by molar-refractivity contribution is 5.80. The molecule has 3 aromatic heterocycles. The van der Waals surface area contributed by atoms with E-state index >= 15 is 0 Å². The number of nitrogens with one attached hydrogen (secondary N) is 1. The van der Waals surface area contributed by atoms with Gasteiger partial charge in [-0.05, 0) is 47.4 Å². The van der Waals surface area contributed by atoms with Crippen molar-refractivity contribution in [3.63, 3.8) is 0 Å². The molecule has 0 aliphatic carbocycles. The fourth-order valence-corrected chi connectivity index (χ4v) is 5.10. The summed E-state index contributed by atoms with van der Waals surface area (Å²) in [6, 6.07) is 16.2. The molecule has 40 heavy (non-hydrogen) atoms. The van der Waals surface area contributed by atoms with Gasteiger partial charge in [-0.25, -0.2) is 19.4 Å². The summed E-state index contributed by atoms with van der Waals surface area (Å²) in [6.45, 7) is 6.58. The topological polar surface area (TPSA) is 126 Å². The third-order valence-corrected chi connectivity index (χ3v) is 7.30. The fourth-order valence-electron chi connectivity index (χ4n) is 5.10. The average Bonchev–Trinajstić information content (AvgIpc) is 3.63. The van der Waals surface area contributed by atoms with Crippen LogP contribution in [0.2, 0.25) is 0 Å². The van der Waals surface area contributed by atoms with Gasteiger partial charge in [0.15, 0.2) is 17.0 Å². The molecule has 1 unspecified atom stereocenters. The van der Waals surface area contributed by atoms with Crippen LogP contribution >= 0.6 is 0 Å². The molecule has 2 aromatic carbocycles. The van der Waals surface area contributed by atoms with E-state index in [9.17, 15) is 9.59 Å². The van der Waals surface area contributed by atoms with E-state index in [4.69, 9.17) is 9.72 Å². The van der Waals surface area contributed by atoms with Gasteiger partial charge < -0.3 is 9.30 Å². The number of benzene rings is 2. The van der Waals surface area contributed by atoms with Crippen LogP contribution in [0.1, 0.15) is 57.6 Å². The number of H-pyrrole nitrogens is 1. The van der Waals surface area contributed by atoms with Gasteiger partial charge in [0.05, 0.1) is 0 Å². The summed E-state index contributed by atoms with van der Waals surface area (Å²) < 4.78 is 10.1. The Hall–Kier alpha value is -4.38. The summed E-state index contributed by atoms with van der Waals surface area (Å²) in [6.07, 6.45) is 3.10. The number of imidazole rings is 1. The van der Waals surface area contributed by atoms with Crippen LogP contribution < -0.4 is 11.2 Å². The van der Waals surface area contributed by atoms with E-state index in [1.807, 2.05) is 35.8 Å². The molecular formula is C29H34N8O3. The molecular weight excluding hydrogens is 508 g/mol. The molecule has 0 saturated carbocycles. The summed E-state index contributed by atoms with van der Waals surface area (Å²) in [7, 11) is 1.49. The van der Waals surface area contributed by atoms with Crippen LogP contribution in [0.3, 0.4) is 0 Å². The van der Waals surface area contributed by atoms with Gasteiger partial charge in [-0.1, -0.05) is 68.3 Å². The third kappa shape index (κ3) is 5.00. The first-order chi connectivity index (χ1) is 19.5. The Labute approximate surface area is 231 Å². The Balaban J connectivity index is 1.59. The van der Waals surface area contributed by atoms with Crippen molar-refractivity contribution >= 4 is 11.2 Å². The predicted octanol–water partition coefficient (Wildman–Crippen LogP) is 4.17. The zero-order valence-corrected chi connectivity index (χ0v) is 23.3. The minimum absolute atomic E-state index is 0.389. The number of aryl methyl sites for hydroxylation is 2. The van der Waals surface area contributed by atoms with Gasteiger partial charge in [0.25, 0.3) is 5.56 Å². The molecule has 0 saturated heterocycles. The fraction of sp³-hybridized carbons (Fsp3) is 0.379. The molecule has 0 amide bonds. The van der Waals surface area contributed by atoms with Gasteiger partial charge in [0, 0.05) is 32.2 Å². The van der Waals surface area contributed by atoms with Crippen molar-refractivity contribution in [2.75, 3.05) is 7.11 Å². The quantitative estimate of drug-likeness (QED) is 0.248. The number of aromatic nitrogens is 8. The number of tetrazole rings is 1. The van der Waals surface area contributed by atoms with Crippen LogP contribution in [0.15, 0.2) is 58.1 Å². The van der Waals surface area contributed by atoms with Crippen molar-refractivity contribution in [3.8, 4) is 22.5 Å². The van der Waals surface area contributed by atoms with Crippen molar-refractivity contribution in [1.29, 1.82) is 0 Å². The van der Waals surface area contributed by atoms with Gasteiger partial charge in [0.1, 0.15) is 12.1 Å². The molecule has 11 nitrogen and oxygen atoms in total. The monoisotopic (exact) mass is 542 g/mol. The summed E-state index contributed by atoms with van der Waals surface area (Å²) in [5.74, 6) is 1.40. The lowest BCUT2D eigenvalue weighted by Crippen LogP contribution is -2.42. The number of rotatable bonds is 11. The number of ether oxygens (including phenoxy) is 1. The smallest absolute Gasteiger partial charge is 0.334 e. The maximum absolute atomic E-state index is 13.8. The average molecular weight is 543 g/mol. The maximum atomic E-state index is 13.8. The van der Waals surface area contributed by atoms with E-state index < -0.39 is 11.9 Å². The first kappa shape index (κ1) is 27.2. The first-order valence-corrected chi connectivity index (χ1v) is 13.7. The Morgan fingerprint density at radius 2 is 1.73 bits per heavy atom. The Bertz CT molecular complexity index is 1720. The molecule has 0 radical (unpaired) electrons. The van der Waals surface area contributed by atoms with Crippen molar-refractivity contribution in [1.82, 2.24) is 39.3 Å². The second-order valence-corrected chi connectivity index (χ2v) is 9.77. The molecule has 0 aliphatic heterocycles. The van der Waals surface area contributed by atoms with Crippen molar-refractivity contribution < 1.29 is 4.74 Å². The zero-order chi connectivity index (χ0) is 28.2. The van der Waals surface area contributed by atoms with Crippen LogP contribution in [0, 0.1) is 0 Å². The van der Waals surface area contributed by atoms with Crippen LogP contribution in [-0.2, 0) is 24.2 Å². The van der Waals surface area contributed by atoms with Crippen LogP contribution in [-0.4, -0.2) is 46.4 Å². The summed E-state index contributed by atoms with van der Waals surface area (Å²) in [5.41, 5.74) is 3.99. The Kier molecular flexibility index (Phi) is 8.01. The van der Waals surface area contributed by atoms with E-state index in [-0.39, 0.29) is 5.56 Å². The van der Waals surface area contributed by atoms with E-state index in [0.717, 1.165) is 53.8 Å². The van der Waals surface area contributed by atoms with Gasteiger partial charge in [-0.15, -0.1) is 5.10 Å². The highest BCUT2D eigenvalue weighted by Crippen LogP contribution is 2.30. The summed E-state index contributed by atoms with van der Waals surface area (Å²) in [4.78, 5) is 31.8. The van der Waals surface area contributed by atoms with Gasteiger partial charge in [-0.3, -0.25) is 9.36 Å². The molecule has 11 heteroatoms. The molecule has 208 valence electrons. The molecule has 0 aliphatic rings. The largest absolute Gasteiger partial charge is 0.361 e. The minimum atomic E-state index is -0.701. The van der Waals surface area contributed by atoms with Crippen molar-refractivity contribution in [2.45, 2.75) is 65.8 Å². The van der Waals surface area contributed by atoms with Gasteiger partial charge in [0.2, 0.25) is 0 Å². The number of unbranched alkanes of at least 4 members (excludes halogenated alkanes) is 2. The van der Waals surface area contributed by atoms with Crippen LogP contribution in [0.25, 0.3) is 33.7 Å². The van der Waals surface area contributed by atoms with Gasteiger partial charge in [-0.2, -0.15) is 0 Å². The number of hydrogen-bond acceptors (Lipinski definition) is 7. The SMILES string of the molecule is CCCCCc1nc2c(c(=O)n(C(C)OC)c(=O)n2CC)n1Cc1ccc(-c2ccccc2-c2nnn[nH]2)cc1. The Morgan fingerprint density at radius 1 is 0.975 bits per heavy atom. The maximum Gasteiger partial charge on any atom is 0.334 e. The molecule has 5 aromatic rings. The lowest BCUT2D eigenvalue weighted by Gasteiger charge is -2.16. The summed E-state index contributed by atoms with van der Waals surface area (Å²) in [5, 5.41) is 14.3. The second kappa shape index (κ2) is 11.8. The lowest BCUT2D eigenvalue weighted by atomic mass is 9.98. The van der Waals surface area contributed by atoms with E-state index in [1.165, 1.54) is 11.7 Å². The third-order valence-electron chi connectivity index (χ3n) is 7.30. The number of hydrogen-bond donors (Lipinski definition) is 1. The van der Waals surface area contributed by atoms with Crippen LogP contribution in [0.4, 0.5) is 0 Å². The van der Waals surface area contributed by atoms with Gasteiger partial charge >= 0.3 is 5.69 Å².